The fourth-order valence-electron chi connectivity index (χ4n) is 4.00. The van der Waals surface area contributed by atoms with Gasteiger partial charge in [0.25, 0.3) is 0 Å². The van der Waals surface area contributed by atoms with Crippen molar-refractivity contribution in [2.75, 3.05) is 41.8 Å². The van der Waals surface area contributed by atoms with Crippen LogP contribution in [0.15, 0.2) is 48.7 Å². The molecule has 34 heavy (non-hydrogen) atoms. The lowest BCUT2D eigenvalue weighted by Gasteiger charge is -2.30. The number of nitrogens with zero attached hydrogens (tertiary/aromatic N) is 2. The maximum absolute atomic E-state index is 13.5. The van der Waals surface area contributed by atoms with Crippen LogP contribution in [0.4, 0.5) is 31.7 Å². The Kier molecular flexibility index (Phi) is 7.22. The van der Waals surface area contributed by atoms with Gasteiger partial charge in [0.1, 0.15) is 17.5 Å². The van der Waals surface area contributed by atoms with Gasteiger partial charge in [0, 0.05) is 60.6 Å². The average Bonchev–Trinajstić information content (AvgIpc) is 2.79. The second-order valence-corrected chi connectivity index (χ2v) is 8.23. The van der Waals surface area contributed by atoms with Crippen LogP contribution in [0.25, 0.3) is 0 Å². The van der Waals surface area contributed by atoms with Crippen LogP contribution in [-0.2, 0) is 22.5 Å². The molecule has 2 heterocycles. The van der Waals surface area contributed by atoms with E-state index in [1.807, 2.05) is 12.1 Å². The van der Waals surface area contributed by atoms with E-state index in [0.29, 0.717) is 22.6 Å². The number of aryl methyl sites for hydroxylation is 1. The zero-order valence-electron chi connectivity index (χ0n) is 18.9. The van der Waals surface area contributed by atoms with E-state index in [0.717, 1.165) is 43.6 Å². The lowest BCUT2D eigenvalue weighted by Crippen LogP contribution is -2.36. The zero-order valence-corrected chi connectivity index (χ0v) is 18.9. The molecule has 1 aliphatic heterocycles. The normalized spacial score (nSPS) is 13.6. The highest BCUT2D eigenvalue weighted by Crippen LogP contribution is 2.27. The number of ether oxygens (including phenoxy) is 1. The third-order valence-corrected chi connectivity index (χ3v) is 5.58. The van der Waals surface area contributed by atoms with E-state index in [-0.39, 0.29) is 13.0 Å². The fraction of sp³-hybridized carbons (Fsp3) is 0.280. The molecule has 3 aromatic rings. The number of pyridine rings is 1. The SMILES string of the molecule is Cc1cc(Nc2cc(NCc3cc(F)cc(F)c3)c(CC(N)=O)cn2)ccc1N1CCOCC1. The van der Waals surface area contributed by atoms with E-state index >= 15 is 0 Å². The smallest absolute Gasteiger partial charge is 0.221 e. The predicted molar refractivity (Wildman–Crippen MR) is 128 cm³/mol. The number of nitrogens with two attached hydrogens (primary N) is 1. The highest BCUT2D eigenvalue weighted by molar-refractivity contribution is 5.79. The van der Waals surface area contributed by atoms with Crippen molar-refractivity contribution in [3.8, 4) is 0 Å². The number of anilines is 4. The Balaban J connectivity index is 1.52. The Morgan fingerprint density at radius 1 is 1.12 bits per heavy atom. The monoisotopic (exact) mass is 467 g/mol. The van der Waals surface area contributed by atoms with Gasteiger partial charge in [-0.1, -0.05) is 0 Å². The highest BCUT2D eigenvalue weighted by atomic mass is 19.1. The van der Waals surface area contributed by atoms with Crippen LogP contribution >= 0.6 is 0 Å². The van der Waals surface area contributed by atoms with Gasteiger partial charge in [-0.3, -0.25) is 4.79 Å². The van der Waals surface area contributed by atoms with Gasteiger partial charge in [-0.2, -0.15) is 0 Å². The van der Waals surface area contributed by atoms with Crippen LogP contribution in [0.5, 0.6) is 0 Å². The molecule has 7 nitrogen and oxygen atoms in total. The van der Waals surface area contributed by atoms with Crippen LogP contribution in [0.3, 0.4) is 0 Å². The standard InChI is InChI=1S/C25H27F2N5O2/c1-16-8-21(2-3-23(16)32-4-6-34-7-5-32)31-25-13-22(18(15-30-25)11-24(28)33)29-14-17-9-19(26)12-20(27)10-17/h2-3,8-10,12-13,15H,4-7,11,14H2,1H3,(H2,28,33)(H2,29,30,31). The van der Waals surface area contributed by atoms with Crippen molar-refractivity contribution in [2.45, 2.75) is 19.9 Å². The van der Waals surface area contributed by atoms with Crippen LogP contribution in [0.2, 0.25) is 0 Å². The average molecular weight is 468 g/mol. The molecule has 4 N–H and O–H groups in total. The minimum atomic E-state index is -0.651. The maximum atomic E-state index is 13.5. The number of morpholine rings is 1. The van der Waals surface area contributed by atoms with E-state index in [1.54, 1.807) is 12.3 Å². The largest absolute Gasteiger partial charge is 0.381 e. The van der Waals surface area contributed by atoms with Gasteiger partial charge in [0.2, 0.25) is 5.91 Å². The van der Waals surface area contributed by atoms with Crippen molar-refractivity contribution < 1.29 is 18.3 Å². The van der Waals surface area contributed by atoms with Crippen molar-refractivity contribution in [1.82, 2.24) is 4.98 Å². The summed E-state index contributed by atoms with van der Waals surface area (Å²) in [6, 6.07) is 11.2. The summed E-state index contributed by atoms with van der Waals surface area (Å²) in [7, 11) is 0. The van der Waals surface area contributed by atoms with Gasteiger partial charge in [-0.15, -0.1) is 0 Å². The van der Waals surface area contributed by atoms with Gasteiger partial charge in [-0.05, 0) is 48.4 Å². The number of benzene rings is 2. The Labute approximate surface area is 196 Å². The second-order valence-electron chi connectivity index (χ2n) is 8.23. The molecule has 0 radical (unpaired) electrons. The topological polar surface area (TPSA) is 92.5 Å². The molecule has 178 valence electrons. The van der Waals surface area contributed by atoms with Crippen LogP contribution in [0, 0.1) is 18.6 Å². The van der Waals surface area contributed by atoms with Gasteiger partial charge in [0.05, 0.1) is 19.6 Å². The first-order chi connectivity index (χ1) is 16.4. The minimum absolute atomic E-state index is 0.0134. The second kappa shape index (κ2) is 10.5. The lowest BCUT2D eigenvalue weighted by atomic mass is 10.1. The molecule has 0 spiro atoms. The van der Waals surface area contributed by atoms with Gasteiger partial charge < -0.3 is 26.0 Å². The number of hydrogen-bond acceptors (Lipinski definition) is 6. The van der Waals surface area contributed by atoms with Crippen molar-refractivity contribution in [3.05, 3.63) is 77.0 Å². The molecule has 1 aliphatic rings. The number of primary amides is 1. The summed E-state index contributed by atoms with van der Waals surface area (Å²) >= 11 is 0. The Hall–Kier alpha value is -3.72. The molecule has 1 amide bonds. The molecule has 4 rings (SSSR count). The van der Waals surface area contributed by atoms with Crippen molar-refractivity contribution >= 4 is 28.8 Å². The number of carbonyl (C=O) groups excluding carboxylic acids is 1. The number of nitrogens with one attached hydrogen (secondary N) is 2. The summed E-state index contributed by atoms with van der Waals surface area (Å²) in [6.07, 6.45) is 1.55. The first-order valence-electron chi connectivity index (χ1n) is 11.0. The fourth-order valence-corrected chi connectivity index (χ4v) is 4.00. The number of aromatic nitrogens is 1. The van der Waals surface area contributed by atoms with Crippen LogP contribution in [-0.4, -0.2) is 37.2 Å². The number of amides is 1. The van der Waals surface area contributed by atoms with Crippen molar-refractivity contribution in [1.29, 1.82) is 0 Å². The summed E-state index contributed by atoms with van der Waals surface area (Å²) < 4.78 is 32.5. The third-order valence-electron chi connectivity index (χ3n) is 5.58. The first-order valence-corrected chi connectivity index (χ1v) is 11.0. The Morgan fingerprint density at radius 2 is 1.85 bits per heavy atom. The van der Waals surface area contributed by atoms with E-state index in [1.165, 1.54) is 17.8 Å². The lowest BCUT2D eigenvalue weighted by molar-refractivity contribution is -0.117. The number of rotatable bonds is 8. The molecule has 0 bridgehead atoms. The third kappa shape index (κ3) is 5.99. The summed E-state index contributed by atoms with van der Waals surface area (Å²) in [6.45, 7) is 5.39. The van der Waals surface area contributed by atoms with Gasteiger partial charge in [0.15, 0.2) is 0 Å². The molecule has 9 heteroatoms. The summed E-state index contributed by atoms with van der Waals surface area (Å²) in [5.74, 6) is -1.25. The Bertz CT molecular complexity index is 1160. The molecule has 0 atom stereocenters. The molecule has 1 saturated heterocycles. The molecule has 0 saturated carbocycles. The molecular weight excluding hydrogens is 440 g/mol. The predicted octanol–water partition coefficient (Wildman–Crippen LogP) is 3.89. The molecule has 2 aromatic carbocycles. The summed E-state index contributed by atoms with van der Waals surface area (Å²) in [5, 5.41) is 6.42. The van der Waals surface area contributed by atoms with Crippen molar-refractivity contribution in [3.63, 3.8) is 0 Å². The zero-order chi connectivity index (χ0) is 24.1. The van der Waals surface area contributed by atoms with Crippen LogP contribution in [0.1, 0.15) is 16.7 Å². The highest BCUT2D eigenvalue weighted by Gasteiger charge is 2.14. The first kappa shape index (κ1) is 23.4. The quantitative estimate of drug-likeness (QED) is 0.466. The van der Waals surface area contributed by atoms with E-state index < -0.39 is 17.5 Å². The summed E-state index contributed by atoms with van der Waals surface area (Å²) in [5.41, 5.74) is 10.2. The van der Waals surface area contributed by atoms with E-state index in [4.69, 9.17) is 10.5 Å². The molecule has 0 unspecified atom stereocenters. The van der Waals surface area contributed by atoms with Crippen molar-refractivity contribution in [2.24, 2.45) is 5.73 Å². The minimum Gasteiger partial charge on any atom is -0.381 e. The Morgan fingerprint density at radius 3 is 2.53 bits per heavy atom. The molecular formula is C25H27F2N5O2. The maximum Gasteiger partial charge on any atom is 0.221 e. The van der Waals surface area contributed by atoms with Gasteiger partial charge in [-0.25, -0.2) is 13.8 Å². The van der Waals surface area contributed by atoms with Crippen LogP contribution < -0.4 is 21.3 Å². The summed E-state index contributed by atoms with van der Waals surface area (Å²) in [4.78, 5) is 18.2. The molecule has 1 fully saturated rings. The number of hydrogen-bond donors (Lipinski definition) is 3. The van der Waals surface area contributed by atoms with Gasteiger partial charge >= 0.3 is 0 Å². The number of carbonyl (C=O) groups is 1. The van der Waals surface area contributed by atoms with E-state index in [2.05, 4.69) is 33.5 Å². The molecule has 0 aliphatic carbocycles. The molecule has 1 aromatic heterocycles. The van der Waals surface area contributed by atoms with E-state index in [9.17, 15) is 13.6 Å². The number of halogens is 2.